The average Bonchev–Trinajstić information content (AvgIpc) is 3.26. The summed E-state index contributed by atoms with van der Waals surface area (Å²) in [5, 5.41) is 12.0. The predicted molar refractivity (Wildman–Crippen MR) is 109 cm³/mol. The highest BCUT2D eigenvalue weighted by molar-refractivity contribution is 7.99. The standard InChI is InChI=1S/C19H25N5O4S/c1-12(2)10-24-17(6-5-16(20)25)22-23-19(24)29-8-7-18(26)21-13-3-4-14-15(9-13)28-11-27-14/h3-4,9,12H,5-8,10-11H2,1-2H3,(H2,20,25)(H,21,26). The van der Waals surface area contributed by atoms with Gasteiger partial charge < -0.3 is 25.1 Å². The Morgan fingerprint density at radius 3 is 2.79 bits per heavy atom. The summed E-state index contributed by atoms with van der Waals surface area (Å²) in [5.41, 5.74) is 5.91. The largest absolute Gasteiger partial charge is 0.454 e. The van der Waals surface area contributed by atoms with Crippen LogP contribution in [-0.4, -0.2) is 39.1 Å². The maximum atomic E-state index is 12.3. The molecule has 1 aliphatic heterocycles. The summed E-state index contributed by atoms with van der Waals surface area (Å²) in [4.78, 5) is 23.3. The van der Waals surface area contributed by atoms with E-state index in [1.807, 2.05) is 4.57 Å². The van der Waals surface area contributed by atoms with Crippen LogP contribution in [0.3, 0.4) is 0 Å². The number of nitrogens with two attached hydrogens (primary N) is 1. The molecule has 0 unspecified atom stereocenters. The lowest BCUT2D eigenvalue weighted by atomic mass is 10.2. The monoisotopic (exact) mass is 419 g/mol. The molecule has 1 aliphatic rings. The van der Waals surface area contributed by atoms with Crippen LogP contribution in [0.2, 0.25) is 0 Å². The van der Waals surface area contributed by atoms with Crippen molar-refractivity contribution in [3.8, 4) is 11.5 Å². The molecular weight excluding hydrogens is 394 g/mol. The predicted octanol–water partition coefficient (Wildman–Crippen LogP) is 2.20. The van der Waals surface area contributed by atoms with Gasteiger partial charge in [0.15, 0.2) is 16.7 Å². The second-order valence-electron chi connectivity index (χ2n) is 7.08. The van der Waals surface area contributed by atoms with Crippen LogP contribution in [0.25, 0.3) is 0 Å². The van der Waals surface area contributed by atoms with Crippen LogP contribution >= 0.6 is 11.8 Å². The Balaban J connectivity index is 1.53. The molecule has 2 aromatic rings. The lowest BCUT2D eigenvalue weighted by Crippen LogP contribution is -2.15. The second kappa shape index (κ2) is 9.64. The van der Waals surface area contributed by atoms with E-state index in [-0.39, 0.29) is 25.0 Å². The third kappa shape index (κ3) is 5.86. The van der Waals surface area contributed by atoms with Crippen molar-refractivity contribution in [1.82, 2.24) is 14.8 Å². The highest BCUT2D eigenvalue weighted by atomic mass is 32.2. The van der Waals surface area contributed by atoms with Crippen molar-refractivity contribution in [3.05, 3.63) is 24.0 Å². The second-order valence-corrected chi connectivity index (χ2v) is 8.15. The van der Waals surface area contributed by atoms with Gasteiger partial charge in [0.1, 0.15) is 5.82 Å². The summed E-state index contributed by atoms with van der Waals surface area (Å²) < 4.78 is 12.6. The van der Waals surface area contributed by atoms with Crippen LogP contribution < -0.4 is 20.5 Å². The normalized spacial score (nSPS) is 12.4. The maximum Gasteiger partial charge on any atom is 0.231 e. The van der Waals surface area contributed by atoms with Crippen LogP contribution in [-0.2, 0) is 22.6 Å². The third-order valence-electron chi connectivity index (χ3n) is 4.15. The number of nitrogens with one attached hydrogen (secondary N) is 1. The van der Waals surface area contributed by atoms with Gasteiger partial charge in [-0.3, -0.25) is 9.59 Å². The van der Waals surface area contributed by atoms with Gasteiger partial charge in [0, 0.05) is 43.3 Å². The van der Waals surface area contributed by atoms with Crippen molar-refractivity contribution in [2.24, 2.45) is 11.7 Å². The Kier molecular flexibility index (Phi) is 6.97. The quantitative estimate of drug-likeness (QED) is 0.566. The first-order chi connectivity index (χ1) is 13.9. The molecule has 0 spiro atoms. The Morgan fingerprint density at radius 2 is 2.03 bits per heavy atom. The third-order valence-corrected chi connectivity index (χ3v) is 5.12. The number of aromatic nitrogens is 3. The molecule has 2 amide bonds. The van der Waals surface area contributed by atoms with Crippen LogP contribution in [0.15, 0.2) is 23.4 Å². The molecular formula is C19H25N5O4S. The fourth-order valence-corrected chi connectivity index (χ4v) is 3.73. The number of benzene rings is 1. The number of ether oxygens (including phenoxy) is 2. The van der Waals surface area contributed by atoms with E-state index in [9.17, 15) is 9.59 Å². The molecule has 2 heterocycles. The number of fused-ring (bicyclic) bond motifs is 1. The van der Waals surface area contributed by atoms with Gasteiger partial charge in [-0.15, -0.1) is 10.2 Å². The van der Waals surface area contributed by atoms with Gasteiger partial charge >= 0.3 is 0 Å². The van der Waals surface area contributed by atoms with E-state index in [1.165, 1.54) is 11.8 Å². The highest BCUT2D eigenvalue weighted by Crippen LogP contribution is 2.34. The SMILES string of the molecule is CC(C)Cn1c(CCC(N)=O)nnc1SCCC(=O)Nc1ccc2c(c1)OCO2. The molecule has 3 rings (SSSR count). The number of carbonyl (C=O) groups is 2. The minimum absolute atomic E-state index is 0.0970. The summed E-state index contributed by atoms with van der Waals surface area (Å²) in [6, 6.07) is 5.30. The van der Waals surface area contributed by atoms with E-state index in [0.717, 1.165) is 17.5 Å². The number of hydrogen-bond acceptors (Lipinski definition) is 7. The number of anilines is 1. The molecule has 0 atom stereocenters. The van der Waals surface area contributed by atoms with Gasteiger partial charge in [-0.25, -0.2) is 0 Å². The topological polar surface area (TPSA) is 121 Å². The summed E-state index contributed by atoms with van der Waals surface area (Å²) in [7, 11) is 0. The van der Waals surface area contributed by atoms with E-state index in [0.29, 0.717) is 41.7 Å². The fraction of sp³-hybridized carbons (Fsp3) is 0.474. The summed E-state index contributed by atoms with van der Waals surface area (Å²) in [6.45, 7) is 5.14. The first-order valence-electron chi connectivity index (χ1n) is 9.45. The minimum Gasteiger partial charge on any atom is -0.454 e. The van der Waals surface area contributed by atoms with E-state index in [2.05, 4.69) is 29.4 Å². The summed E-state index contributed by atoms with van der Waals surface area (Å²) >= 11 is 1.47. The zero-order valence-corrected chi connectivity index (χ0v) is 17.3. The van der Waals surface area contributed by atoms with Gasteiger partial charge in [0.05, 0.1) is 0 Å². The minimum atomic E-state index is -0.363. The average molecular weight is 420 g/mol. The number of hydrogen-bond donors (Lipinski definition) is 2. The van der Waals surface area contributed by atoms with Crippen molar-refractivity contribution < 1.29 is 19.1 Å². The Hall–Kier alpha value is -2.75. The zero-order valence-electron chi connectivity index (χ0n) is 16.5. The molecule has 10 heteroatoms. The van der Waals surface area contributed by atoms with Crippen LogP contribution in [0.5, 0.6) is 11.5 Å². The van der Waals surface area contributed by atoms with Gasteiger partial charge in [-0.05, 0) is 18.1 Å². The number of primary amides is 1. The first-order valence-corrected chi connectivity index (χ1v) is 10.4. The lowest BCUT2D eigenvalue weighted by molar-refractivity contribution is -0.118. The molecule has 9 nitrogen and oxygen atoms in total. The summed E-state index contributed by atoms with van der Waals surface area (Å²) in [6.07, 6.45) is 1.02. The van der Waals surface area contributed by atoms with Crippen LogP contribution in [0, 0.1) is 5.92 Å². The number of amides is 2. The summed E-state index contributed by atoms with van der Waals surface area (Å²) in [5.74, 6) is 2.54. The lowest BCUT2D eigenvalue weighted by Gasteiger charge is -2.12. The number of rotatable bonds is 10. The number of thioether (sulfide) groups is 1. The smallest absolute Gasteiger partial charge is 0.231 e. The molecule has 0 saturated heterocycles. The number of carbonyl (C=O) groups excluding carboxylic acids is 2. The molecule has 0 radical (unpaired) electrons. The van der Waals surface area contributed by atoms with Crippen molar-refractivity contribution in [2.45, 2.75) is 44.8 Å². The number of nitrogens with zero attached hydrogens (tertiary/aromatic N) is 3. The first kappa shape index (κ1) is 21.0. The van der Waals surface area contributed by atoms with E-state index >= 15 is 0 Å². The van der Waals surface area contributed by atoms with Gasteiger partial charge in [-0.1, -0.05) is 25.6 Å². The van der Waals surface area contributed by atoms with Crippen molar-refractivity contribution in [1.29, 1.82) is 0 Å². The Morgan fingerprint density at radius 1 is 1.24 bits per heavy atom. The Bertz CT molecular complexity index is 883. The van der Waals surface area contributed by atoms with Gasteiger partial charge in [0.25, 0.3) is 0 Å². The Labute approximate surface area is 173 Å². The number of aryl methyl sites for hydroxylation is 1. The van der Waals surface area contributed by atoms with Gasteiger partial charge in [0.2, 0.25) is 18.6 Å². The zero-order chi connectivity index (χ0) is 20.8. The molecule has 0 fully saturated rings. The van der Waals surface area contributed by atoms with E-state index in [4.69, 9.17) is 15.2 Å². The van der Waals surface area contributed by atoms with Crippen LogP contribution in [0.1, 0.15) is 32.5 Å². The maximum absolute atomic E-state index is 12.3. The molecule has 29 heavy (non-hydrogen) atoms. The molecule has 0 bridgehead atoms. The van der Waals surface area contributed by atoms with E-state index < -0.39 is 0 Å². The molecule has 0 aliphatic carbocycles. The van der Waals surface area contributed by atoms with Crippen molar-refractivity contribution >= 4 is 29.3 Å². The molecule has 156 valence electrons. The van der Waals surface area contributed by atoms with E-state index in [1.54, 1.807) is 18.2 Å². The van der Waals surface area contributed by atoms with Gasteiger partial charge in [-0.2, -0.15) is 0 Å². The fourth-order valence-electron chi connectivity index (χ4n) is 2.83. The van der Waals surface area contributed by atoms with Crippen molar-refractivity contribution in [2.75, 3.05) is 17.9 Å². The van der Waals surface area contributed by atoms with Crippen LogP contribution in [0.4, 0.5) is 5.69 Å². The molecule has 3 N–H and O–H groups in total. The highest BCUT2D eigenvalue weighted by Gasteiger charge is 2.16. The molecule has 1 aromatic heterocycles. The van der Waals surface area contributed by atoms with Crippen molar-refractivity contribution in [3.63, 3.8) is 0 Å². The molecule has 0 saturated carbocycles. The molecule has 1 aromatic carbocycles.